The molecular weight excluding hydrogens is 242 g/mol. The molecule has 0 unspecified atom stereocenters. The molecule has 2 aromatic rings. The third-order valence-electron chi connectivity index (χ3n) is 2.65. The van der Waals surface area contributed by atoms with Crippen LogP contribution in [-0.4, -0.2) is 4.92 Å². The molecule has 94 valence electrons. The van der Waals surface area contributed by atoms with E-state index in [1.54, 1.807) is 6.07 Å². The highest BCUT2D eigenvalue weighted by Crippen LogP contribution is 2.22. The maximum Gasteiger partial charge on any atom is 0.289 e. The van der Waals surface area contributed by atoms with Gasteiger partial charge in [0.15, 0.2) is 0 Å². The third kappa shape index (κ3) is 3.07. The number of nitro groups is 1. The van der Waals surface area contributed by atoms with E-state index in [1.807, 2.05) is 36.4 Å². The zero-order valence-electron chi connectivity index (χ0n) is 10.0. The van der Waals surface area contributed by atoms with E-state index in [9.17, 15) is 10.1 Å². The van der Waals surface area contributed by atoms with Crippen molar-refractivity contribution in [2.45, 2.75) is 6.54 Å². The molecule has 5 heteroatoms. The number of hydrogen-bond acceptors (Lipinski definition) is 4. The maximum atomic E-state index is 10.8. The first-order chi connectivity index (χ1) is 9.20. The van der Waals surface area contributed by atoms with Crippen LogP contribution in [0.1, 0.15) is 11.1 Å². The molecule has 0 atom stereocenters. The number of nitro benzene ring substituents is 1. The van der Waals surface area contributed by atoms with E-state index < -0.39 is 4.92 Å². The summed E-state index contributed by atoms with van der Waals surface area (Å²) in [6.45, 7) is 0.573. The van der Waals surface area contributed by atoms with E-state index in [4.69, 9.17) is 5.26 Å². The summed E-state index contributed by atoms with van der Waals surface area (Å²) in [4.78, 5) is 10.3. The quantitative estimate of drug-likeness (QED) is 0.670. The second-order valence-electron chi connectivity index (χ2n) is 3.94. The first-order valence-corrected chi connectivity index (χ1v) is 5.67. The lowest BCUT2D eigenvalue weighted by atomic mass is 10.1. The fraction of sp³-hybridized carbons (Fsp3) is 0.0714. The van der Waals surface area contributed by atoms with E-state index in [0.29, 0.717) is 12.2 Å². The summed E-state index contributed by atoms with van der Waals surface area (Å²) in [5.74, 6) is 0. The SMILES string of the molecule is N#Cc1ccc(NCc2ccccc2)cc1[N+](=O)[O-]. The summed E-state index contributed by atoms with van der Waals surface area (Å²) < 4.78 is 0. The normalized spacial score (nSPS) is 9.63. The third-order valence-corrected chi connectivity index (χ3v) is 2.65. The first kappa shape index (κ1) is 12.6. The van der Waals surface area contributed by atoms with Crippen molar-refractivity contribution in [3.8, 4) is 6.07 Å². The average molecular weight is 253 g/mol. The van der Waals surface area contributed by atoms with Crippen LogP contribution in [0.5, 0.6) is 0 Å². The molecule has 0 aromatic heterocycles. The monoisotopic (exact) mass is 253 g/mol. The summed E-state index contributed by atoms with van der Waals surface area (Å²) in [6.07, 6.45) is 0. The van der Waals surface area contributed by atoms with Crippen LogP contribution in [0, 0.1) is 21.4 Å². The van der Waals surface area contributed by atoms with Crippen LogP contribution in [0.4, 0.5) is 11.4 Å². The fourth-order valence-corrected chi connectivity index (χ4v) is 1.69. The van der Waals surface area contributed by atoms with Crippen molar-refractivity contribution < 1.29 is 4.92 Å². The van der Waals surface area contributed by atoms with Crippen LogP contribution in [-0.2, 0) is 6.54 Å². The highest BCUT2D eigenvalue weighted by molar-refractivity contribution is 5.59. The van der Waals surface area contributed by atoms with Gasteiger partial charge >= 0.3 is 0 Å². The molecule has 2 aromatic carbocycles. The maximum absolute atomic E-state index is 10.8. The number of nitrogens with one attached hydrogen (secondary N) is 1. The van der Waals surface area contributed by atoms with Crippen LogP contribution in [0.2, 0.25) is 0 Å². The van der Waals surface area contributed by atoms with Crippen LogP contribution < -0.4 is 5.32 Å². The van der Waals surface area contributed by atoms with Crippen molar-refractivity contribution in [1.29, 1.82) is 5.26 Å². The summed E-state index contributed by atoms with van der Waals surface area (Å²) in [6, 6.07) is 16.0. The minimum Gasteiger partial charge on any atom is -0.381 e. The van der Waals surface area contributed by atoms with Crippen molar-refractivity contribution in [1.82, 2.24) is 0 Å². The van der Waals surface area contributed by atoms with E-state index in [2.05, 4.69) is 5.32 Å². The lowest BCUT2D eigenvalue weighted by Gasteiger charge is -2.06. The van der Waals surface area contributed by atoms with E-state index in [-0.39, 0.29) is 11.3 Å². The van der Waals surface area contributed by atoms with Gasteiger partial charge in [-0.2, -0.15) is 5.26 Å². The topological polar surface area (TPSA) is 79.0 Å². The van der Waals surface area contributed by atoms with Gasteiger partial charge in [-0.3, -0.25) is 10.1 Å². The number of anilines is 1. The van der Waals surface area contributed by atoms with Gasteiger partial charge in [-0.05, 0) is 17.7 Å². The Morgan fingerprint density at radius 3 is 2.58 bits per heavy atom. The van der Waals surface area contributed by atoms with Gasteiger partial charge < -0.3 is 5.32 Å². The van der Waals surface area contributed by atoms with Gasteiger partial charge in [0.1, 0.15) is 11.6 Å². The number of nitrogens with zero attached hydrogens (tertiary/aromatic N) is 2. The summed E-state index contributed by atoms with van der Waals surface area (Å²) in [5.41, 5.74) is 1.58. The van der Waals surface area contributed by atoms with Gasteiger partial charge in [0.05, 0.1) is 4.92 Å². The van der Waals surface area contributed by atoms with Crippen LogP contribution >= 0.6 is 0 Å². The molecule has 0 fully saturated rings. The van der Waals surface area contributed by atoms with Gasteiger partial charge in [0.2, 0.25) is 0 Å². The highest BCUT2D eigenvalue weighted by atomic mass is 16.6. The molecule has 0 amide bonds. The Balaban J connectivity index is 2.16. The molecule has 2 rings (SSSR count). The Bertz CT molecular complexity index is 633. The lowest BCUT2D eigenvalue weighted by molar-refractivity contribution is -0.385. The minimum absolute atomic E-state index is 0.0651. The van der Waals surface area contributed by atoms with E-state index in [1.165, 1.54) is 12.1 Å². The van der Waals surface area contributed by atoms with Crippen molar-refractivity contribution in [2.24, 2.45) is 0 Å². The predicted molar refractivity (Wildman–Crippen MR) is 71.6 cm³/mol. The highest BCUT2D eigenvalue weighted by Gasteiger charge is 2.13. The van der Waals surface area contributed by atoms with Crippen molar-refractivity contribution in [3.63, 3.8) is 0 Å². The van der Waals surface area contributed by atoms with Crippen LogP contribution in [0.25, 0.3) is 0 Å². The van der Waals surface area contributed by atoms with Crippen LogP contribution in [0.15, 0.2) is 48.5 Å². The Labute approximate surface area is 110 Å². The van der Waals surface area contributed by atoms with Gasteiger partial charge in [-0.15, -0.1) is 0 Å². The molecule has 0 saturated heterocycles. The van der Waals surface area contributed by atoms with E-state index in [0.717, 1.165) is 5.56 Å². The smallest absolute Gasteiger partial charge is 0.289 e. The van der Waals surface area contributed by atoms with Crippen LogP contribution in [0.3, 0.4) is 0 Å². The second kappa shape index (κ2) is 5.65. The van der Waals surface area contributed by atoms with Gasteiger partial charge in [0.25, 0.3) is 5.69 Å². The molecule has 5 nitrogen and oxygen atoms in total. The Kier molecular flexibility index (Phi) is 3.74. The predicted octanol–water partition coefficient (Wildman–Crippen LogP) is 3.08. The van der Waals surface area contributed by atoms with Gasteiger partial charge in [-0.1, -0.05) is 30.3 Å². The van der Waals surface area contributed by atoms with Gasteiger partial charge in [0, 0.05) is 18.3 Å². The minimum atomic E-state index is -0.549. The summed E-state index contributed by atoms with van der Waals surface area (Å²) >= 11 is 0. The second-order valence-corrected chi connectivity index (χ2v) is 3.94. The number of hydrogen-bond donors (Lipinski definition) is 1. The molecule has 0 aliphatic rings. The zero-order valence-corrected chi connectivity index (χ0v) is 10.0. The van der Waals surface area contributed by atoms with Gasteiger partial charge in [-0.25, -0.2) is 0 Å². The summed E-state index contributed by atoms with van der Waals surface area (Å²) in [7, 11) is 0. The first-order valence-electron chi connectivity index (χ1n) is 5.67. The Morgan fingerprint density at radius 2 is 1.95 bits per heavy atom. The lowest BCUT2D eigenvalue weighted by Crippen LogP contribution is -2.00. The molecule has 0 aliphatic heterocycles. The molecule has 0 bridgehead atoms. The molecular formula is C14H11N3O2. The van der Waals surface area contributed by atoms with Crippen molar-refractivity contribution >= 4 is 11.4 Å². The van der Waals surface area contributed by atoms with Crippen molar-refractivity contribution in [3.05, 3.63) is 69.8 Å². The summed E-state index contributed by atoms with van der Waals surface area (Å²) in [5, 5.41) is 22.7. The molecule has 0 saturated carbocycles. The number of nitriles is 1. The fourth-order valence-electron chi connectivity index (χ4n) is 1.69. The Hall–Kier alpha value is -2.87. The molecule has 0 spiro atoms. The molecule has 1 N–H and O–H groups in total. The standard InChI is InChI=1S/C14H11N3O2/c15-9-12-6-7-13(8-14(12)17(18)19)16-10-11-4-2-1-3-5-11/h1-8,16H,10H2. The van der Waals surface area contributed by atoms with E-state index >= 15 is 0 Å². The largest absolute Gasteiger partial charge is 0.381 e. The average Bonchev–Trinajstić information content (AvgIpc) is 2.46. The molecule has 0 radical (unpaired) electrons. The number of rotatable bonds is 4. The molecule has 0 heterocycles. The Morgan fingerprint density at radius 1 is 1.21 bits per heavy atom. The van der Waals surface area contributed by atoms with Crippen molar-refractivity contribution in [2.75, 3.05) is 5.32 Å². The number of benzene rings is 2. The molecule has 0 aliphatic carbocycles. The zero-order chi connectivity index (χ0) is 13.7. The molecule has 19 heavy (non-hydrogen) atoms.